The van der Waals surface area contributed by atoms with Crippen molar-refractivity contribution in [1.29, 1.82) is 0 Å². The molecule has 0 aliphatic rings. The number of nitrogen functional groups attached to an aromatic ring is 1. The number of benzene rings is 3. The van der Waals surface area contributed by atoms with Gasteiger partial charge in [-0.3, -0.25) is 0 Å². The minimum atomic E-state index is 0.846. The molecule has 0 saturated carbocycles. The number of anilines is 1. The van der Waals surface area contributed by atoms with E-state index in [9.17, 15) is 0 Å². The van der Waals surface area contributed by atoms with E-state index >= 15 is 0 Å². The summed E-state index contributed by atoms with van der Waals surface area (Å²) in [6.07, 6.45) is 0. The van der Waals surface area contributed by atoms with Crippen molar-refractivity contribution in [3.8, 4) is 22.3 Å². The van der Waals surface area contributed by atoms with E-state index in [-0.39, 0.29) is 0 Å². The predicted molar refractivity (Wildman–Crippen MR) is 95.9 cm³/mol. The highest BCUT2D eigenvalue weighted by Gasteiger charge is 2.10. The van der Waals surface area contributed by atoms with Gasteiger partial charge >= 0.3 is 0 Å². The molecule has 3 aromatic rings. The predicted octanol–water partition coefficient (Wildman–Crippen LogP) is 5.53. The summed E-state index contributed by atoms with van der Waals surface area (Å²) in [5, 5.41) is 0. The van der Waals surface area contributed by atoms with Crippen molar-refractivity contribution in [1.82, 2.24) is 0 Å². The van der Waals surface area contributed by atoms with Gasteiger partial charge < -0.3 is 5.73 Å². The molecule has 3 aromatic carbocycles. The third-order valence-corrected chi connectivity index (χ3v) is 4.05. The molecule has 1 heteroatoms. The van der Waals surface area contributed by atoms with E-state index in [1.54, 1.807) is 0 Å². The molecule has 0 bridgehead atoms. The molecular formula is C21H21N. The Bertz CT molecular complexity index is 730. The molecule has 0 fully saturated rings. The van der Waals surface area contributed by atoms with Crippen LogP contribution in [0, 0.1) is 20.8 Å². The monoisotopic (exact) mass is 287 g/mol. The maximum Gasteiger partial charge on any atom is 0.0473 e. The first-order valence-electron chi connectivity index (χ1n) is 7.59. The normalized spacial score (nSPS) is 10.7. The molecule has 0 aliphatic carbocycles. The second-order valence-electron chi connectivity index (χ2n) is 6.01. The Morgan fingerprint density at radius 2 is 0.909 bits per heavy atom. The minimum Gasteiger partial charge on any atom is -0.398 e. The number of hydrogen-bond acceptors (Lipinski definition) is 1. The lowest BCUT2D eigenvalue weighted by Crippen LogP contribution is -1.96. The molecule has 110 valence electrons. The van der Waals surface area contributed by atoms with Gasteiger partial charge in [0.05, 0.1) is 0 Å². The van der Waals surface area contributed by atoms with Gasteiger partial charge in [0, 0.05) is 16.8 Å². The van der Waals surface area contributed by atoms with Crippen LogP contribution in [-0.4, -0.2) is 0 Å². The quantitative estimate of drug-likeness (QED) is 0.616. The summed E-state index contributed by atoms with van der Waals surface area (Å²) >= 11 is 0. The second kappa shape index (κ2) is 5.69. The van der Waals surface area contributed by atoms with E-state index in [4.69, 9.17) is 5.73 Å². The van der Waals surface area contributed by atoms with Crippen LogP contribution in [0.4, 0.5) is 5.69 Å². The molecule has 0 atom stereocenters. The molecule has 0 aromatic heterocycles. The van der Waals surface area contributed by atoms with Gasteiger partial charge in [0.15, 0.2) is 0 Å². The van der Waals surface area contributed by atoms with Crippen molar-refractivity contribution in [3.63, 3.8) is 0 Å². The molecule has 0 amide bonds. The van der Waals surface area contributed by atoms with Crippen molar-refractivity contribution in [2.75, 3.05) is 5.73 Å². The zero-order chi connectivity index (χ0) is 15.7. The molecule has 22 heavy (non-hydrogen) atoms. The fraction of sp³-hybridized carbons (Fsp3) is 0.143. The largest absolute Gasteiger partial charge is 0.398 e. The van der Waals surface area contributed by atoms with Crippen LogP contribution < -0.4 is 5.73 Å². The molecule has 3 rings (SSSR count). The Morgan fingerprint density at radius 1 is 0.545 bits per heavy atom. The highest BCUT2D eigenvalue weighted by Crippen LogP contribution is 2.36. The van der Waals surface area contributed by atoms with Crippen LogP contribution in [0.5, 0.6) is 0 Å². The second-order valence-corrected chi connectivity index (χ2v) is 6.01. The lowest BCUT2D eigenvalue weighted by molar-refractivity contribution is 1.43. The number of rotatable bonds is 2. The summed E-state index contributed by atoms with van der Waals surface area (Å²) in [6, 6.07) is 21.4. The third-order valence-electron chi connectivity index (χ3n) is 4.05. The van der Waals surface area contributed by atoms with E-state index in [1.807, 2.05) is 0 Å². The van der Waals surface area contributed by atoms with Gasteiger partial charge in [-0.2, -0.15) is 0 Å². The van der Waals surface area contributed by atoms with Crippen LogP contribution in [0.3, 0.4) is 0 Å². The fourth-order valence-electron chi connectivity index (χ4n) is 2.74. The van der Waals surface area contributed by atoms with Crippen LogP contribution in [-0.2, 0) is 0 Å². The molecular weight excluding hydrogens is 266 g/mol. The average molecular weight is 287 g/mol. The lowest BCUT2D eigenvalue weighted by atomic mass is 9.93. The van der Waals surface area contributed by atoms with E-state index in [0.29, 0.717) is 0 Å². The third kappa shape index (κ3) is 2.75. The van der Waals surface area contributed by atoms with Gasteiger partial charge in [-0.15, -0.1) is 0 Å². The Balaban J connectivity index is 2.17. The highest BCUT2D eigenvalue weighted by atomic mass is 14.6. The molecule has 1 nitrogen and oxygen atoms in total. The topological polar surface area (TPSA) is 26.0 Å². The molecule has 0 aliphatic heterocycles. The van der Waals surface area contributed by atoms with Crippen LogP contribution in [0.15, 0.2) is 60.7 Å². The van der Waals surface area contributed by atoms with E-state index in [0.717, 1.165) is 16.8 Å². The summed E-state index contributed by atoms with van der Waals surface area (Å²) in [5.74, 6) is 0. The Morgan fingerprint density at radius 3 is 1.27 bits per heavy atom. The molecule has 0 saturated heterocycles. The maximum absolute atomic E-state index is 6.49. The van der Waals surface area contributed by atoms with Gasteiger partial charge in [-0.1, -0.05) is 59.7 Å². The van der Waals surface area contributed by atoms with Crippen LogP contribution in [0.1, 0.15) is 16.7 Å². The molecule has 0 heterocycles. The van der Waals surface area contributed by atoms with Crippen molar-refractivity contribution >= 4 is 5.69 Å². The molecule has 0 unspecified atom stereocenters. The van der Waals surface area contributed by atoms with Crippen molar-refractivity contribution in [2.24, 2.45) is 0 Å². The summed E-state index contributed by atoms with van der Waals surface area (Å²) in [6.45, 7) is 6.32. The first kappa shape index (κ1) is 14.4. The molecule has 0 spiro atoms. The average Bonchev–Trinajstić information content (AvgIpc) is 2.51. The smallest absolute Gasteiger partial charge is 0.0473 e. The van der Waals surface area contributed by atoms with Crippen LogP contribution in [0.25, 0.3) is 22.3 Å². The zero-order valence-electron chi connectivity index (χ0n) is 13.4. The SMILES string of the molecule is Cc1ccc(-c2cc(C)cc(-c3ccc(C)cc3)c2N)cc1. The first-order chi connectivity index (χ1) is 10.5. The summed E-state index contributed by atoms with van der Waals surface area (Å²) in [5.41, 5.74) is 15.6. The molecule has 0 radical (unpaired) electrons. The van der Waals surface area contributed by atoms with E-state index in [2.05, 4.69) is 81.4 Å². The fourth-order valence-corrected chi connectivity index (χ4v) is 2.74. The van der Waals surface area contributed by atoms with Gasteiger partial charge in [0.2, 0.25) is 0 Å². The highest BCUT2D eigenvalue weighted by molar-refractivity contribution is 5.89. The van der Waals surface area contributed by atoms with Crippen molar-refractivity contribution < 1.29 is 0 Å². The lowest BCUT2D eigenvalue weighted by Gasteiger charge is -2.14. The van der Waals surface area contributed by atoms with Gasteiger partial charge in [0.1, 0.15) is 0 Å². The standard InChI is InChI=1S/C21H21N/c1-14-4-8-17(9-5-14)19-12-16(3)13-20(21(19)22)18-10-6-15(2)7-11-18/h4-13H,22H2,1-3H3. The zero-order valence-corrected chi connectivity index (χ0v) is 13.4. The van der Waals surface area contributed by atoms with Crippen molar-refractivity contribution in [3.05, 3.63) is 77.4 Å². The first-order valence-corrected chi connectivity index (χ1v) is 7.59. The maximum atomic E-state index is 6.49. The van der Waals surface area contributed by atoms with Gasteiger partial charge in [0.25, 0.3) is 0 Å². The Labute approximate surface area is 132 Å². The van der Waals surface area contributed by atoms with E-state index in [1.165, 1.54) is 27.8 Å². The van der Waals surface area contributed by atoms with Crippen molar-refractivity contribution in [2.45, 2.75) is 20.8 Å². The summed E-state index contributed by atoms with van der Waals surface area (Å²) in [4.78, 5) is 0. The summed E-state index contributed by atoms with van der Waals surface area (Å²) < 4.78 is 0. The van der Waals surface area contributed by atoms with Gasteiger partial charge in [-0.05, 0) is 49.6 Å². The number of nitrogens with two attached hydrogens (primary N) is 1. The Kier molecular flexibility index (Phi) is 3.72. The van der Waals surface area contributed by atoms with Gasteiger partial charge in [-0.25, -0.2) is 0 Å². The van der Waals surface area contributed by atoms with Crippen LogP contribution in [0.2, 0.25) is 0 Å². The number of aryl methyl sites for hydroxylation is 3. The number of hydrogen-bond donors (Lipinski definition) is 1. The minimum absolute atomic E-state index is 0.846. The van der Waals surface area contributed by atoms with Crippen LogP contribution >= 0.6 is 0 Å². The Hall–Kier alpha value is -2.54. The summed E-state index contributed by atoms with van der Waals surface area (Å²) in [7, 11) is 0. The van der Waals surface area contributed by atoms with E-state index < -0.39 is 0 Å². The molecule has 2 N–H and O–H groups in total.